The fourth-order valence-electron chi connectivity index (χ4n) is 1.83. The maximum Gasteiger partial charge on any atom is 0.265 e. The molecule has 0 aliphatic carbocycles. The Morgan fingerprint density at radius 1 is 1.18 bits per heavy atom. The fourth-order valence-corrected chi connectivity index (χ4v) is 2.13. The summed E-state index contributed by atoms with van der Waals surface area (Å²) < 4.78 is 0. The Bertz CT molecular complexity index is 835. The highest BCUT2D eigenvalue weighted by atomic mass is 35.5. The van der Waals surface area contributed by atoms with E-state index in [1.165, 1.54) is 4.85 Å². The van der Waals surface area contributed by atoms with Crippen molar-refractivity contribution in [2.45, 2.75) is 0 Å². The first-order valence-corrected chi connectivity index (χ1v) is 7.08. The molecular weight excluding hydrogens is 327 g/mol. The van der Waals surface area contributed by atoms with Gasteiger partial charge in [-0.05, 0) is 35.5 Å². The highest BCUT2D eigenvalue weighted by molar-refractivity contribution is 6.42. The molecule has 22 heavy (non-hydrogen) atoms. The van der Waals surface area contributed by atoms with Crippen LogP contribution >= 0.6 is 23.2 Å². The van der Waals surface area contributed by atoms with E-state index in [2.05, 4.69) is 15.6 Å². The van der Waals surface area contributed by atoms with Crippen molar-refractivity contribution >= 4 is 45.8 Å². The molecule has 0 bridgehead atoms. The molecule has 1 aromatic heterocycles. The molecule has 0 spiro atoms. The van der Waals surface area contributed by atoms with E-state index in [9.17, 15) is 4.79 Å². The van der Waals surface area contributed by atoms with Crippen LogP contribution in [0.15, 0.2) is 42.5 Å². The van der Waals surface area contributed by atoms with Crippen LogP contribution in [0.1, 0.15) is 0 Å². The van der Waals surface area contributed by atoms with Crippen molar-refractivity contribution < 1.29 is 9.63 Å². The van der Waals surface area contributed by atoms with E-state index in [1.807, 2.05) is 12.1 Å². The van der Waals surface area contributed by atoms with Crippen LogP contribution in [-0.2, 0) is 4.79 Å². The van der Waals surface area contributed by atoms with Gasteiger partial charge in [0.05, 0.1) is 10.0 Å². The second-order valence-electron chi connectivity index (χ2n) is 4.40. The van der Waals surface area contributed by atoms with Gasteiger partial charge in [-0.1, -0.05) is 40.2 Å². The van der Waals surface area contributed by atoms with Crippen LogP contribution in [-0.4, -0.2) is 27.7 Å². The Labute approximate surface area is 135 Å². The molecule has 6 nitrogen and oxygen atoms in total. The van der Waals surface area contributed by atoms with Gasteiger partial charge in [-0.15, -0.1) is 5.10 Å². The minimum absolute atomic E-state index is 0.215. The van der Waals surface area contributed by atoms with Gasteiger partial charge in [0.25, 0.3) is 5.91 Å². The summed E-state index contributed by atoms with van der Waals surface area (Å²) >= 11 is 11.7. The van der Waals surface area contributed by atoms with Gasteiger partial charge in [0.2, 0.25) is 0 Å². The maximum absolute atomic E-state index is 11.9. The average Bonchev–Trinajstić information content (AvgIpc) is 2.92. The zero-order chi connectivity index (χ0) is 15.5. The summed E-state index contributed by atoms with van der Waals surface area (Å²) in [5, 5.41) is 11.2. The fraction of sp³-hybridized carbons (Fsp3) is 0.0714. The van der Waals surface area contributed by atoms with Crippen LogP contribution in [0.4, 0.5) is 5.69 Å². The monoisotopic (exact) mass is 336 g/mol. The SMILES string of the molecule is O=C(COn1nnc2ccccc21)Nc1ccc(Cl)c(Cl)c1. The zero-order valence-electron chi connectivity index (χ0n) is 11.2. The second-order valence-corrected chi connectivity index (χ2v) is 5.22. The van der Waals surface area contributed by atoms with E-state index in [1.54, 1.807) is 30.3 Å². The summed E-state index contributed by atoms with van der Waals surface area (Å²) in [6.45, 7) is -0.215. The van der Waals surface area contributed by atoms with Crippen molar-refractivity contribution in [3.63, 3.8) is 0 Å². The van der Waals surface area contributed by atoms with Crippen molar-refractivity contribution in [3.8, 4) is 0 Å². The van der Waals surface area contributed by atoms with Crippen LogP contribution < -0.4 is 10.2 Å². The summed E-state index contributed by atoms with van der Waals surface area (Å²) in [5.74, 6) is -0.349. The third kappa shape index (κ3) is 3.13. The zero-order valence-corrected chi connectivity index (χ0v) is 12.7. The van der Waals surface area contributed by atoms with Gasteiger partial charge >= 0.3 is 0 Å². The number of fused-ring (bicyclic) bond motifs is 1. The first-order chi connectivity index (χ1) is 10.6. The van der Waals surface area contributed by atoms with Crippen LogP contribution in [0.2, 0.25) is 10.0 Å². The maximum atomic E-state index is 11.9. The third-order valence-corrected chi connectivity index (χ3v) is 3.58. The Morgan fingerprint density at radius 2 is 2.00 bits per heavy atom. The van der Waals surface area contributed by atoms with Gasteiger partial charge in [0.1, 0.15) is 11.0 Å². The van der Waals surface area contributed by atoms with Crippen molar-refractivity contribution in [1.82, 2.24) is 15.2 Å². The molecule has 0 fully saturated rings. The average molecular weight is 337 g/mol. The van der Waals surface area contributed by atoms with E-state index in [0.29, 0.717) is 26.8 Å². The lowest BCUT2D eigenvalue weighted by molar-refractivity contribution is -0.121. The summed E-state index contributed by atoms with van der Waals surface area (Å²) in [6.07, 6.45) is 0. The second kappa shape index (κ2) is 6.21. The van der Waals surface area contributed by atoms with Crippen LogP contribution in [0.25, 0.3) is 11.0 Å². The van der Waals surface area contributed by atoms with E-state index in [4.69, 9.17) is 28.0 Å². The summed E-state index contributed by atoms with van der Waals surface area (Å²) in [5.41, 5.74) is 1.91. The summed E-state index contributed by atoms with van der Waals surface area (Å²) in [4.78, 5) is 18.4. The minimum atomic E-state index is -0.349. The molecule has 3 aromatic rings. The molecular formula is C14H10Cl2N4O2. The first kappa shape index (κ1) is 14.6. The molecule has 0 unspecified atom stereocenters. The lowest BCUT2D eigenvalue weighted by Gasteiger charge is -2.07. The largest absolute Gasteiger partial charge is 0.385 e. The Balaban J connectivity index is 1.63. The predicted octanol–water partition coefficient (Wildman–Crippen LogP) is 2.81. The minimum Gasteiger partial charge on any atom is -0.385 e. The van der Waals surface area contributed by atoms with Crippen molar-refractivity contribution in [2.75, 3.05) is 11.9 Å². The van der Waals surface area contributed by atoms with Gasteiger partial charge in [-0.3, -0.25) is 4.79 Å². The number of aromatic nitrogens is 3. The van der Waals surface area contributed by atoms with Crippen molar-refractivity contribution in [3.05, 3.63) is 52.5 Å². The highest BCUT2D eigenvalue weighted by Gasteiger charge is 2.08. The molecule has 1 N–H and O–H groups in total. The molecule has 8 heteroatoms. The summed E-state index contributed by atoms with van der Waals surface area (Å²) in [7, 11) is 0. The van der Waals surface area contributed by atoms with Gasteiger partial charge in [0.15, 0.2) is 6.61 Å². The highest BCUT2D eigenvalue weighted by Crippen LogP contribution is 2.24. The molecule has 0 aliphatic rings. The van der Waals surface area contributed by atoms with Crippen LogP contribution in [0, 0.1) is 0 Å². The molecule has 0 saturated carbocycles. The molecule has 1 heterocycles. The smallest absolute Gasteiger partial charge is 0.265 e. The topological polar surface area (TPSA) is 69.0 Å². The number of nitrogens with one attached hydrogen (secondary N) is 1. The molecule has 112 valence electrons. The predicted molar refractivity (Wildman–Crippen MR) is 84.1 cm³/mol. The first-order valence-electron chi connectivity index (χ1n) is 6.32. The number of halogens is 2. The van der Waals surface area contributed by atoms with Gasteiger partial charge < -0.3 is 10.2 Å². The molecule has 0 atom stereocenters. The van der Waals surface area contributed by atoms with Crippen LogP contribution in [0.3, 0.4) is 0 Å². The molecule has 0 aliphatic heterocycles. The van der Waals surface area contributed by atoms with Crippen molar-refractivity contribution in [2.24, 2.45) is 0 Å². The lowest BCUT2D eigenvalue weighted by atomic mass is 10.3. The number of hydrogen-bond acceptors (Lipinski definition) is 4. The number of para-hydroxylation sites is 1. The van der Waals surface area contributed by atoms with E-state index in [-0.39, 0.29) is 12.5 Å². The third-order valence-electron chi connectivity index (χ3n) is 2.84. The standard InChI is InChI=1S/C14H10Cl2N4O2/c15-10-6-5-9(7-11(10)16)17-14(21)8-22-20-13-4-2-1-3-12(13)18-19-20/h1-7H,8H2,(H,17,21). The number of nitrogens with zero attached hydrogens (tertiary/aromatic N) is 3. The molecule has 2 aromatic carbocycles. The number of amides is 1. The Hall–Kier alpha value is -2.31. The van der Waals surface area contributed by atoms with Gasteiger partial charge in [-0.25, -0.2) is 0 Å². The van der Waals surface area contributed by atoms with E-state index in [0.717, 1.165) is 0 Å². The van der Waals surface area contributed by atoms with E-state index < -0.39 is 0 Å². The van der Waals surface area contributed by atoms with E-state index >= 15 is 0 Å². The molecule has 3 rings (SSSR count). The number of anilines is 1. The molecule has 0 radical (unpaired) electrons. The normalized spacial score (nSPS) is 10.6. The summed E-state index contributed by atoms with van der Waals surface area (Å²) in [6, 6.07) is 12.1. The van der Waals surface area contributed by atoms with Crippen molar-refractivity contribution in [1.29, 1.82) is 0 Å². The van der Waals surface area contributed by atoms with Gasteiger partial charge in [-0.2, -0.15) is 0 Å². The van der Waals surface area contributed by atoms with Gasteiger partial charge in [0, 0.05) is 5.69 Å². The number of carbonyl (C=O) groups excluding carboxylic acids is 1. The quantitative estimate of drug-likeness (QED) is 0.795. The van der Waals surface area contributed by atoms with Crippen LogP contribution in [0.5, 0.6) is 0 Å². The molecule has 0 saturated heterocycles. The Kier molecular flexibility index (Phi) is 4.13. The number of carbonyl (C=O) groups is 1. The number of benzene rings is 2. The number of hydrogen-bond donors (Lipinski definition) is 1. The molecule has 1 amide bonds. The lowest BCUT2D eigenvalue weighted by Crippen LogP contribution is -2.26. The number of rotatable bonds is 4. The Morgan fingerprint density at radius 3 is 2.82 bits per heavy atom.